The third-order valence-electron chi connectivity index (χ3n) is 11.0. The SMILES string of the molecule is COC(=O)C[C@@H](c1ccccc1)[C@@H](OCOCc1ccccc1)[C@H](c1ccccc1)[C@@H](CO[Si](c1ccccc1)(c1ccccc1)C(C)(C)C)OCOCc1ccccc1. The van der Waals surface area contributed by atoms with E-state index in [-0.39, 0.29) is 37.6 Å². The molecule has 0 unspecified atom stereocenters. The van der Waals surface area contributed by atoms with Crippen LogP contribution in [0.25, 0.3) is 0 Å². The second-order valence-electron chi connectivity index (χ2n) is 15.9. The van der Waals surface area contributed by atoms with Crippen LogP contribution in [0.1, 0.15) is 61.3 Å². The van der Waals surface area contributed by atoms with Gasteiger partial charge >= 0.3 is 5.97 Å². The summed E-state index contributed by atoms with van der Waals surface area (Å²) < 4.78 is 39.4. The predicted molar refractivity (Wildman–Crippen MR) is 241 cm³/mol. The summed E-state index contributed by atoms with van der Waals surface area (Å²) in [5, 5.41) is 2.04. The third-order valence-corrected chi connectivity index (χ3v) is 16.0. The zero-order valence-electron chi connectivity index (χ0n) is 35.2. The molecule has 0 radical (unpaired) electrons. The van der Waals surface area contributed by atoms with E-state index in [0.717, 1.165) is 32.6 Å². The molecule has 0 saturated heterocycles. The first-order valence-corrected chi connectivity index (χ1v) is 22.6. The quantitative estimate of drug-likeness (QED) is 0.0292. The Morgan fingerprint density at radius 1 is 0.550 bits per heavy atom. The van der Waals surface area contributed by atoms with Crippen LogP contribution in [0.4, 0.5) is 0 Å². The summed E-state index contributed by atoms with van der Waals surface area (Å²) in [5.74, 6) is -1.27. The van der Waals surface area contributed by atoms with Crippen molar-refractivity contribution in [2.24, 2.45) is 0 Å². The molecule has 0 aromatic heterocycles. The highest BCUT2D eigenvalue weighted by molar-refractivity contribution is 6.99. The maximum Gasteiger partial charge on any atom is 0.306 e. The lowest BCUT2D eigenvalue weighted by Crippen LogP contribution is -2.67. The number of carbonyl (C=O) groups excluding carboxylic acids is 1. The summed E-state index contributed by atoms with van der Waals surface area (Å²) in [4.78, 5) is 13.4. The van der Waals surface area contributed by atoms with Gasteiger partial charge in [0.25, 0.3) is 8.32 Å². The number of hydrogen-bond donors (Lipinski definition) is 0. The maximum atomic E-state index is 13.4. The lowest BCUT2D eigenvalue weighted by molar-refractivity contribution is -0.159. The van der Waals surface area contributed by atoms with Crippen molar-refractivity contribution in [2.45, 2.75) is 69.5 Å². The second kappa shape index (κ2) is 22.4. The molecule has 0 fully saturated rings. The largest absolute Gasteiger partial charge is 0.469 e. The van der Waals surface area contributed by atoms with Gasteiger partial charge in [-0.05, 0) is 37.7 Å². The molecule has 60 heavy (non-hydrogen) atoms. The molecule has 4 atom stereocenters. The minimum absolute atomic E-state index is 0.00274. The number of hydrogen-bond acceptors (Lipinski definition) is 7. The molecule has 6 rings (SSSR count). The second-order valence-corrected chi connectivity index (χ2v) is 20.3. The van der Waals surface area contributed by atoms with Gasteiger partial charge in [0, 0.05) is 11.8 Å². The Morgan fingerprint density at radius 3 is 1.42 bits per heavy atom. The lowest BCUT2D eigenvalue weighted by Gasteiger charge is -2.45. The first kappa shape index (κ1) is 44.4. The molecule has 312 valence electrons. The normalized spacial score (nSPS) is 13.9. The van der Waals surface area contributed by atoms with Gasteiger partial charge in [0.15, 0.2) is 0 Å². The van der Waals surface area contributed by atoms with Crippen LogP contribution in [0.15, 0.2) is 182 Å². The van der Waals surface area contributed by atoms with E-state index in [0.29, 0.717) is 13.2 Å². The van der Waals surface area contributed by atoms with Crippen molar-refractivity contribution in [1.29, 1.82) is 0 Å². The number of benzene rings is 6. The number of ether oxygens (including phenoxy) is 5. The fraction of sp³-hybridized carbons (Fsp3) is 0.288. The summed E-state index contributed by atoms with van der Waals surface area (Å²) >= 11 is 0. The number of carbonyl (C=O) groups is 1. The first-order valence-electron chi connectivity index (χ1n) is 20.7. The van der Waals surface area contributed by atoms with Gasteiger partial charge in [-0.15, -0.1) is 0 Å². The van der Waals surface area contributed by atoms with Crippen LogP contribution < -0.4 is 10.4 Å². The van der Waals surface area contributed by atoms with Crippen LogP contribution in [-0.2, 0) is 46.1 Å². The van der Waals surface area contributed by atoms with Gasteiger partial charge in [-0.3, -0.25) is 4.79 Å². The standard InChI is InChI=1S/C52H58O7Si/c1-52(2,3)60(45-31-19-9-20-32-45,46-33-21-10-22-34-46)59-38-48(57-39-55-36-41-23-11-5-12-24-41)50(44-29-17-8-18-30-44)51(58-40-56-37-42-25-13-6-14-26-42)47(35-49(53)54-4)43-27-15-7-16-28-43/h5-34,47-48,50-51H,35-40H2,1-4H3/t47-,48+,50+,51+/m0/s1. The zero-order valence-corrected chi connectivity index (χ0v) is 36.2. The highest BCUT2D eigenvalue weighted by Gasteiger charge is 2.51. The molecular formula is C52H58O7Si. The van der Waals surface area contributed by atoms with E-state index in [1.54, 1.807) is 0 Å². The Kier molecular flexibility index (Phi) is 16.6. The lowest BCUT2D eigenvalue weighted by atomic mass is 9.77. The van der Waals surface area contributed by atoms with Gasteiger partial charge in [0.2, 0.25) is 0 Å². The Balaban J connectivity index is 1.46. The molecule has 0 aliphatic heterocycles. The minimum Gasteiger partial charge on any atom is -0.469 e. The van der Waals surface area contributed by atoms with E-state index >= 15 is 0 Å². The maximum absolute atomic E-state index is 13.4. The number of esters is 1. The van der Waals surface area contributed by atoms with Crippen LogP contribution in [0, 0.1) is 0 Å². The molecule has 8 heteroatoms. The molecule has 0 amide bonds. The molecule has 0 aliphatic rings. The van der Waals surface area contributed by atoms with Gasteiger partial charge < -0.3 is 28.1 Å². The van der Waals surface area contributed by atoms with E-state index < -0.39 is 32.4 Å². The van der Waals surface area contributed by atoms with E-state index in [2.05, 4.69) is 81.4 Å². The first-order chi connectivity index (χ1) is 29.3. The number of methoxy groups -OCH3 is 1. The van der Waals surface area contributed by atoms with Crippen molar-refractivity contribution in [1.82, 2.24) is 0 Å². The smallest absolute Gasteiger partial charge is 0.306 e. The molecular weight excluding hydrogens is 765 g/mol. The zero-order chi connectivity index (χ0) is 42.0. The number of rotatable bonds is 22. The van der Waals surface area contributed by atoms with Gasteiger partial charge in [-0.25, -0.2) is 0 Å². The summed E-state index contributed by atoms with van der Waals surface area (Å²) in [6, 6.07) is 61.5. The van der Waals surface area contributed by atoms with Crippen LogP contribution >= 0.6 is 0 Å². The van der Waals surface area contributed by atoms with Gasteiger partial charge in [-0.1, -0.05) is 203 Å². The molecule has 6 aromatic rings. The average Bonchev–Trinajstić information content (AvgIpc) is 3.29. The predicted octanol–water partition coefficient (Wildman–Crippen LogP) is 9.81. The molecule has 0 aliphatic carbocycles. The van der Waals surface area contributed by atoms with Crippen molar-refractivity contribution < 1.29 is 32.9 Å². The average molecular weight is 823 g/mol. The van der Waals surface area contributed by atoms with E-state index in [9.17, 15) is 4.79 Å². The van der Waals surface area contributed by atoms with Crippen LogP contribution in [0.5, 0.6) is 0 Å². The summed E-state index contributed by atoms with van der Waals surface area (Å²) in [7, 11) is -1.62. The summed E-state index contributed by atoms with van der Waals surface area (Å²) in [6.07, 6.45) is -1.20. The molecule has 0 bridgehead atoms. The highest BCUT2D eigenvalue weighted by Crippen LogP contribution is 2.41. The van der Waals surface area contributed by atoms with E-state index in [1.165, 1.54) is 7.11 Å². The molecule has 0 spiro atoms. The van der Waals surface area contributed by atoms with Gasteiger partial charge in [0.05, 0.1) is 45.6 Å². The third kappa shape index (κ3) is 11.8. The Morgan fingerprint density at radius 2 is 0.967 bits per heavy atom. The fourth-order valence-electron chi connectivity index (χ4n) is 8.10. The Bertz CT molecular complexity index is 2060. The van der Waals surface area contributed by atoms with Gasteiger partial charge in [0.1, 0.15) is 13.6 Å². The van der Waals surface area contributed by atoms with Crippen molar-refractivity contribution in [3.05, 3.63) is 204 Å². The van der Waals surface area contributed by atoms with Crippen molar-refractivity contribution in [3.63, 3.8) is 0 Å². The molecule has 0 saturated carbocycles. The van der Waals surface area contributed by atoms with Crippen molar-refractivity contribution in [3.8, 4) is 0 Å². The van der Waals surface area contributed by atoms with Crippen LogP contribution in [0.3, 0.4) is 0 Å². The van der Waals surface area contributed by atoms with Crippen molar-refractivity contribution >= 4 is 24.7 Å². The Hall–Kier alpha value is -5.19. The minimum atomic E-state index is -3.05. The molecule has 7 nitrogen and oxygen atoms in total. The van der Waals surface area contributed by atoms with Crippen LogP contribution in [-0.4, -0.2) is 53.8 Å². The summed E-state index contributed by atoms with van der Waals surface area (Å²) in [5.41, 5.74) is 3.97. The Labute approximate surface area is 357 Å². The highest BCUT2D eigenvalue weighted by atomic mass is 28.4. The monoisotopic (exact) mass is 822 g/mol. The molecule has 6 aromatic carbocycles. The van der Waals surface area contributed by atoms with Crippen molar-refractivity contribution in [2.75, 3.05) is 27.3 Å². The van der Waals surface area contributed by atoms with E-state index in [1.807, 2.05) is 121 Å². The van der Waals surface area contributed by atoms with Gasteiger partial charge in [-0.2, -0.15) is 0 Å². The molecule has 0 N–H and O–H groups in total. The topological polar surface area (TPSA) is 72.5 Å². The van der Waals surface area contributed by atoms with E-state index in [4.69, 9.17) is 28.1 Å². The van der Waals surface area contributed by atoms with Crippen LogP contribution in [0.2, 0.25) is 5.04 Å². The molecule has 0 heterocycles. The fourth-order valence-corrected chi connectivity index (χ4v) is 12.7. The summed E-state index contributed by atoms with van der Waals surface area (Å²) in [6.45, 7) is 7.71.